The van der Waals surface area contributed by atoms with Crippen molar-refractivity contribution in [3.8, 4) is 11.3 Å². The van der Waals surface area contributed by atoms with Crippen LogP contribution in [0.4, 0.5) is 4.39 Å². The van der Waals surface area contributed by atoms with Gasteiger partial charge < -0.3 is 14.7 Å². The summed E-state index contributed by atoms with van der Waals surface area (Å²) in [5.74, 6) is 0.258. The molecule has 2 aliphatic rings. The minimum absolute atomic E-state index is 0.0967. The molecule has 2 aliphatic heterocycles. The van der Waals surface area contributed by atoms with Gasteiger partial charge >= 0.3 is 0 Å². The first-order chi connectivity index (χ1) is 14.2. The lowest BCUT2D eigenvalue weighted by Gasteiger charge is -2.27. The first kappa shape index (κ1) is 17.9. The normalized spacial score (nSPS) is 18.7. The Morgan fingerprint density at radius 3 is 3.03 bits per heavy atom. The molecule has 1 aromatic carbocycles. The summed E-state index contributed by atoms with van der Waals surface area (Å²) in [4.78, 5) is 23.8. The van der Waals surface area contributed by atoms with Gasteiger partial charge in [-0.15, -0.1) is 0 Å². The topological polar surface area (TPSA) is 84.2 Å². The number of nitrogens with one attached hydrogen (secondary N) is 1. The Morgan fingerprint density at radius 2 is 2.21 bits per heavy atom. The van der Waals surface area contributed by atoms with E-state index in [4.69, 9.17) is 9.51 Å². The number of aromatic nitrogens is 3. The number of rotatable bonds is 3. The van der Waals surface area contributed by atoms with Crippen molar-refractivity contribution in [2.24, 2.45) is 0 Å². The first-order valence-corrected chi connectivity index (χ1v) is 9.78. The maximum atomic E-state index is 14.0. The summed E-state index contributed by atoms with van der Waals surface area (Å²) in [6.45, 7) is 1.96. The van der Waals surface area contributed by atoms with Crippen LogP contribution >= 0.6 is 0 Å². The summed E-state index contributed by atoms with van der Waals surface area (Å²) in [6.07, 6.45) is 4.68. The van der Waals surface area contributed by atoms with Crippen molar-refractivity contribution < 1.29 is 13.7 Å². The van der Waals surface area contributed by atoms with E-state index in [1.54, 1.807) is 23.1 Å². The average molecular weight is 393 g/mol. The van der Waals surface area contributed by atoms with Crippen LogP contribution in [-0.2, 0) is 13.0 Å². The number of amides is 1. The zero-order valence-corrected chi connectivity index (χ0v) is 15.8. The van der Waals surface area contributed by atoms with Gasteiger partial charge in [-0.05, 0) is 31.5 Å². The molecule has 2 aromatic heterocycles. The Hall–Kier alpha value is -3.13. The predicted octanol–water partition coefficient (Wildman–Crippen LogP) is 2.89. The van der Waals surface area contributed by atoms with E-state index in [1.165, 1.54) is 12.1 Å². The lowest BCUT2D eigenvalue weighted by atomic mass is 10.1. The van der Waals surface area contributed by atoms with E-state index in [-0.39, 0.29) is 17.7 Å². The molecule has 1 N–H and O–H groups in total. The number of nitrogens with zero attached hydrogens (tertiary/aromatic N) is 4. The van der Waals surface area contributed by atoms with E-state index in [0.29, 0.717) is 30.8 Å². The molecule has 8 heteroatoms. The van der Waals surface area contributed by atoms with Crippen LogP contribution in [-0.4, -0.2) is 39.0 Å². The SMILES string of the molecule is O=C(c1cc(-c2ccccc2F)no1)N1CCc2nc(C3CCCN3)ncc2C1. The molecule has 7 nitrogen and oxygen atoms in total. The van der Waals surface area contributed by atoms with Crippen LogP contribution < -0.4 is 5.32 Å². The predicted molar refractivity (Wildman–Crippen MR) is 102 cm³/mol. The summed E-state index contributed by atoms with van der Waals surface area (Å²) in [6, 6.07) is 7.99. The summed E-state index contributed by atoms with van der Waals surface area (Å²) in [5.41, 5.74) is 2.55. The molecule has 0 saturated carbocycles. The smallest absolute Gasteiger partial charge is 0.292 e. The molecular weight excluding hydrogens is 373 g/mol. The lowest BCUT2D eigenvalue weighted by Crippen LogP contribution is -2.36. The van der Waals surface area contributed by atoms with Crippen molar-refractivity contribution in [1.82, 2.24) is 25.3 Å². The molecule has 4 heterocycles. The van der Waals surface area contributed by atoms with Crippen LogP contribution in [0, 0.1) is 5.82 Å². The number of carbonyl (C=O) groups excluding carboxylic acids is 1. The molecule has 1 fully saturated rings. The zero-order chi connectivity index (χ0) is 19.8. The number of hydrogen-bond donors (Lipinski definition) is 1. The van der Waals surface area contributed by atoms with Crippen LogP contribution in [0.3, 0.4) is 0 Å². The van der Waals surface area contributed by atoms with Gasteiger partial charge in [0.1, 0.15) is 17.3 Å². The number of fused-ring (bicyclic) bond motifs is 1. The maximum Gasteiger partial charge on any atom is 0.292 e. The number of halogens is 1. The molecular formula is C21H20FN5O2. The monoisotopic (exact) mass is 393 g/mol. The summed E-state index contributed by atoms with van der Waals surface area (Å²) < 4.78 is 19.2. The van der Waals surface area contributed by atoms with Gasteiger partial charge in [0.15, 0.2) is 0 Å². The Morgan fingerprint density at radius 1 is 1.31 bits per heavy atom. The van der Waals surface area contributed by atoms with E-state index < -0.39 is 5.82 Å². The molecule has 0 radical (unpaired) electrons. The van der Waals surface area contributed by atoms with Crippen LogP contribution in [0.1, 0.15) is 46.5 Å². The van der Waals surface area contributed by atoms with Gasteiger partial charge in [-0.2, -0.15) is 0 Å². The summed E-state index contributed by atoms with van der Waals surface area (Å²) in [7, 11) is 0. The Kier molecular flexibility index (Phi) is 4.55. The summed E-state index contributed by atoms with van der Waals surface area (Å²) >= 11 is 0. The second-order valence-corrected chi connectivity index (χ2v) is 7.38. The fourth-order valence-corrected chi connectivity index (χ4v) is 3.91. The Bertz CT molecular complexity index is 1060. The van der Waals surface area contributed by atoms with Gasteiger partial charge in [0.25, 0.3) is 5.91 Å². The molecule has 1 amide bonds. The van der Waals surface area contributed by atoms with Gasteiger partial charge in [-0.1, -0.05) is 17.3 Å². The Labute approximate surface area is 166 Å². The maximum absolute atomic E-state index is 14.0. The third kappa shape index (κ3) is 3.40. The molecule has 3 aromatic rings. The molecule has 148 valence electrons. The van der Waals surface area contributed by atoms with E-state index in [2.05, 4.69) is 15.5 Å². The van der Waals surface area contributed by atoms with Crippen molar-refractivity contribution in [3.63, 3.8) is 0 Å². The zero-order valence-electron chi connectivity index (χ0n) is 15.8. The Balaban J connectivity index is 1.33. The third-order valence-electron chi connectivity index (χ3n) is 5.48. The van der Waals surface area contributed by atoms with E-state index in [1.807, 2.05) is 6.20 Å². The van der Waals surface area contributed by atoms with E-state index in [0.717, 1.165) is 36.5 Å². The molecule has 5 rings (SSSR count). The van der Waals surface area contributed by atoms with Crippen molar-refractivity contribution in [1.29, 1.82) is 0 Å². The highest BCUT2D eigenvalue weighted by Crippen LogP contribution is 2.26. The second-order valence-electron chi connectivity index (χ2n) is 7.38. The van der Waals surface area contributed by atoms with E-state index in [9.17, 15) is 9.18 Å². The molecule has 0 spiro atoms. The van der Waals surface area contributed by atoms with Gasteiger partial charge in [0.2, 0.25) is 5.76 Å². The largest absolute Gasteiger partial charge is 0.350 e. The minimum atomic E-state index is -0.406. The van der Waals surface area contributed by atoms with Crippen molar-refractivity contribution in [3.05, 3.63) is 65.2 Å². The molecule has 29 heavy (non-hydrogen) atoms. The fraction of sp³-hybridized carbons (Fsp3) is 0.333. The second kappa shape index (κ2) is 7.36. The van der Waals surface area contributed by atoms with Gasteiger partial charge in [-0.25, -0.2) is 14.4 Å². The average Bonchev–Trinajstić information content (AvgIpc) is 3.45. The molecule has 0 aliphatic carbocycles. The minimum Gasteiger partial charge on any atom is -0.350 e. The van der Waals surface area contributed by atoms with Gasteiger partial charge in [0.05, 0.1) is 11.7 Å². The molecule has 1 atom stereocenters. The van der Waals surface area contributed by atoms with Crippen molar-refractivity contribution in [2.45, 2.75) is 31.8 Å². The van der Waals surface area contributed by atoms with E-state index >= 15 is 0 Å². The highest BCUT2D eigenvalue weighted by atomic mass is 19.1. The number of hydrogen-bond acceptors (Lipinski definition) is 6. The highest BCUT2D eigenvalue weighted by molar-refractivity contribution is 5.92. The van der Waals surface area contributed by atoms with Crippen molar-refractivity contribution >= 4 is 5.91 Å². The van der Waals surface area contributed by atoms with Crippen LogP contribution in [0.5, 0.6) is 0 Å². The molecule has 1 saturated heterocycles. The van der Waals surface area contributed by atoms with Gasteiger partial charge in [0, 0.05) is 42.9 Å². The summed E-state index contributed by atoms with van der Waals surface area (Å²) in [5, 5.41) is 7.28. The highest BCUT2D eigenvalue weighted by Gasteiger charge is 2.27. The van der Waals surface area contributed by atoms with Crippen LogP contribution in [0.25, 0.3) is 11.3 Å². The molecule has 1 unspecified atom stereocenters. The first-order valence-electron chi connectivity index (χ1n) is 9.78. The third-order valence-corrected chi connectivity index (χ3v) is 5.48. The standard InChI is InChI=1S/C21H20FN5O2/c22-15-5-2-1-4-14(15)18-10-19(29-26-18)21(28)27-9-7-16-13(12-27)11-24-20(25-16)17-6-3-8-23-17/h1-2,4-5,10-11,17,23H,3,6-9,12H2. The molecule has 0 bridgehead atoms. The quantitative estimate of drug-likeness (QED) is 0.737. The number of carbonyl (C=O) groups is 1. The lowest BCUT2D eigenvalue weighted by molar-refractivity contribution is 0.0691. The van der Waals surface area contributed by atoms with Crippen molar-refractivity contribution in [2.75, 3.05) is 13.1 Å². The van der Waals surface area contributed by atoms with Crippen LogP contribution in [0.2, 0.25) is 0 Å². The van der Waals surface area contributed by atoms with Crippen LogP contribution in [0.15, 0.2) is 41.1 Å². The number of benzene rings is 1. The fourth-order valence-electron chi connectivity index (χ4n) is 3.91. The van der Waals surface area contributed by atoms with Gasteiger partial charge in [-0.3, -0.25) is 4.79 Å².